The number of halogens is 1. The normalized spacial score (nSPS) is 10.6. The minimum Gasteiger partial charge on any atom is -0.303 e. The van der Waals surface area contributed by atoms with E-state index in [1.807, 2.05) is 0 Å². The van der Waals surface area contributed by atoms with Crippen LogP contribution in [-0.4, -0.2) is 24.2 Å². The first kappa shape index (κ1) is 10.8. The lowest BCUT2D eigenvalue weighted by Crippen LogP contribution is -2.22. The molecule has 2 N–H and O–H groups in total. The summed E-state index contributed by atoms with van der Waals surface area (Å²) < 4.78 is 4.00. The second-order valence-corrected chi connectivity index (χ2v) is 2.48. The van der Waals surface area contributed by atoms with Crippen LogP contribution < -0.4 is 10.4 Å². The van der Waals surface area contributed by atoms with E-state index >= 15 is 0 Å². The molecule has 0 saturated carbocycles. The highest BCUT2D eigenvalue weighted by Crippen LogP contribution is 2.02. The summed E-state index contributed by atoms with van der Waals surface area (Å²) in [6.07, 6.45) is 0. The monoisotopic (exact) mass is 201 g/mol. The van der Waals surface area contributed by atoms with Crippen molar-refractivity contribution in [2.24, 2.45) is 0 Å². The predicted molar refractivity (Wildman–Crippen MR) is 43.1 cm³/mol. The molecule has 0 fully saturated rings. The van der Waals surface area contributed by atoms with Gasteiger partial charge < -0.3 is 5.32 Å². The largest absolute Gasteiger partial charge is 0.303 e. The molecule has 1 unspecified atom stereocenters. The van der Waals surface area contributed by atoms with Gasteiger partial charge in [0.15, 0.2) is 0 Å². The first-order valence-corrected chi connectivity index (χ1v) is 4.27. The van der Waals surface area contributed by atoms with Crippen LogP contribution in [0.1, 0.15) is 0 Å². The molecule has 0 aliphatic carbocycles. The van der Waals surface area contributed by atoms with Crippen molar-refractivity contribution in [3.8, 4) is 0 Å². The minimum atomic E-state index is -0.833. The Morgan fingerprint density at radius 2 is 2.36 bits per heavy atom. The first-order chi connectivity index (χ1) is 5.27. The number of nitrogens with one attached hydrogen (secondary N) is 2. The van der Waals surface area contributed by atoms with Crippen molar-refractivity contribution in [3.05, 3.63) is 10.1 Å². The van der Waals surface area contributed by atoms with Gasteiger partial charge in [0.1, 0.15) is 8.96 Å². The maximum absolute atomic E-state index is 9.60. The van der Waals surface area contributed by atoms with Crippen LogP contribution in [0, 0.1) is 10.1 Å². The van der Waals surface area contributed by atoms with Gasteiger partial charge in [-0.25, -0.2) is 0 Å². The van der Waals surface area contributed by atoms with Crippen LogP contribution in [-0.2, 0) is 4.62 Å². The Kier molecular flexibility index (Phi) is 7.83. The molecule has 0 aromatic heterocycles. The van der Waals surface area contributed by atoms with E-state index in [1.54, 1.807) is 0 Å². The number of alkyl halides is 1. The summed E-state index contributed by atoms with van der Waals surface area (Å²) in [6.45, 7) is 1.26. The summed E-state index contributed by atoms with van der Waals surface area (Å²) in [5, 5.41) is 14.3. The number of nitrogens with zero attached hydrogens (tertiary/aromatic N) is 1. The van der Waals surface area contributed by atoms with Crippen LogP contribution in [0.3, 0.4) is 0 Å². The highest BCUT2D eigenvalue weighted by Gasteiger charge is 1.91. The smallest absolute Gasteiger partial charge is 0.298 e. The van der Waals surface area contributed by atoms with Crippen molar-refractivity contribution in [3.63, 3.8) is 0 Å². The second kappa shape index (κ2) is 7.94. The van der Waals surface area contributed by atoms with Gasteiger partial charge in [-0.3, -0.25) is 9.71 Å². The molecule has 0 aliphatic heterocycles. The molecule has 0 rings (SSSR count). The molecule has 0 heterocycles. The molecule has 0 bridgehead atoms. The maximum atomic E-state index is 9.60. The molecule has 0 aromatic carbocycles. The Bertz CT molecular complexity index is 116. The summed E-state index contributed by atoms with van der Waals surface area (Å²) in [5.41, 5.74) is 0. The maximum Gasteiger partial charge on any atom is 0.298 e. The Hall–Kier alpha value is -0.160. The molecular weight excluding hydrogens is 192 g/mol. The van der Waals surface area contributed by atoms with Crippen LogP contribution in [0.25, 0.3) is 0 Å². The molecule has 1 atom stereocenters. The zero-order valence-electron chi connectivity index (χ0n) is 5.67. The van der Waals surface area contributed by atoms with Crippen molar-refractivity contribution < 1.29 is 9.71 Å². The summed E-state index contributed by atoms with van der Waals surface area (Å²) in [6, 6.07) is 0.376. The fraction of sp³-hybridized carbons (Fsp3) is 1.00. The summed E-state index contributed by atoms with van der Waals surface area (Å²) in [5.74, 6) is 0. The van der Waals surface area contributed by atoms with E-state index in [1.165, 1.54) is 0 Å². The van der Waals surface area contributed by atoms with Gasteiger partial charge in [0, 0.05) is 13.1 Å². The second-order valence-electron chi connectivity index (χ2n) is 1.48. The molecule has 0 aromatic rings. The van der Waals surface area contributed by atoms with Crippen molar-refractivity contribution in [1.82, 2.24) is 10.4 Å². The highest BCUT2D eigenvalue weighted by molar-refractivity contribution is 7.29. The molecule has 8 heteroatoms. The van der Waals surface area contributed by atoms with Crippen LogP contribution in [0.15, 0.2) is 0 Å². The van der Waals surface area contributed by atoms with E-state index in [2.05, 4.69) is 15.0 Å². The molecule has 0 amide bonds. The SMILES string of the molecule is O=[N+]([O-])OPNCCNCCl. The zero-order chi connectivity index (χ0) is 8.53. The van der Waals surface area contributed by atoms with E-state index in [0.717, 1.165) is 0 Å². The van der Waals surface area contributed by atoms with Gasteiger partial charge in [-0.2, -0.15) is 0 Å². The van der Waals surface area contributed by atoms with Gasteiger partial charge in [-0.05, 0) is 0 Å². The highest BCUT2D eigenvalue weighted by atomic mass is 35.5. The third-order valence-electron chi connectivity index (χ3n) is 0.714. The molecule has 66 valence electrons. The fourth-order valence-corrected chi connectivity index (χ4v) is 0.838. The van der Waals surface area contributed by atoms with Gasteiger partial charge in [-0.15, -0.1) is 21.7 Å². The minimum absolute atomic E-state index is 0.308. The lowest BCUT2D eigenvalue weighted by Gasteiger charge is -2.01. The Balaban J connectivity index is 2.85. The van der Waals surface area contributed by atoms with Crippen LogP contribution in [0.4, 0.5) is 0 Å². The molecule has 0 radical (unpaired) electrons. The van der Waals surface area contributed by atoms with Gasteiger partial charge in [-0.1, -0.05) is 0 Å². The molecule has 0 spiro atoms. The van der Waals surface area contributed by atoms with Gasteiger partial charge in [0.2, 0.25) is 0 Å². The fourth-order valence-electron chi connectivity index (χ4n) is 0.338. The zero-order valence-corrected chi connectivity index (χ0v) is 7.43. The van der Waals surface area contributed by atoms with E-state index in [0.29, 0.717) is 19.1 Å². The van der Waals surface area contributed by atoms with Gasteiger partial charge in [0.25, 0.3) is 5.09 Å². The summed E-state index contributed by atoms with van der Waals surface area (Å²) >= 11 is 5.29. The van der Waals surface area contributed by atoms with Crippen LogP contribution in [0.2, 0.25) is 0 Å². The summed E-state index contributed by atoms with van der Waals surface area (Å²) in [7, 11) is -0.308. The van der Waals surface area contributed by atoms with Gasteiger partial charge in [0.05, 0.1) is 6.00 Å². The molecule has 0 saturated heterocycles. The quantitative estimate of drug-likeness (QED) is 0.152. The van der Waals surface area contributed by atoms with Crippen LogP contribution >= 0.6 is 20.6 Å². The van der Waals surface area contributed by atoms with E-state index < -0.39 is 5.09 Å². The van der Waals surface area contributed by atoms with Crippen LogP contribution in [0.5, 0.6) is 0 Å². The Labute approximate surface area is 70.7 Å². The third-order valence-corrected chi connectivity index (χ3v) is 1.54. The molecule has 11 heavy (non-hydrogen) atoms. The number of hydrogen-bond acceptors (Lipinski definition) is 5. The van der Waals surface area contributed by atoms with Crippen molar-refractivity contribution in [1.29, 1.82) is 0 Å². The molecule has 6 nitrogen and oxygen atoms in total. The lowest BCUT2D eigenvalue weighted by atomic mass is 10.7. The third kappa shape index (κ3) is 9.84. The first-order valence-electron chi connectivity index (χ1n) is 2.83. The average molecular weight is 202 g/mol. The Morgan fingerprint density at radius 3 is 2.91 bits per heavy atom. The molecular formula is C3H9ClN3O3P. The van der Waals surface area contributed by atoms with E-state index in [9.17, 15) is 10.1 Å². The predicted octanol–water partition coefficient (Wildman–Crippen LogP) is 0.0787. The lowest BCUT2D eigenvalue weighted by molar-refractivity contribution is -0.710. The average Bonchev–Trinajstić information content (AvgIpc) is 1.96. The van der Waals surface area contributed by atoms with E-state index in [-0.39, 0.29) is 8.96 Å². The van der Waals surface area contributed by atoms with Crippen molar-refractivity contribution in [2.75, 3.05) is 19.1 Å². The van der Waals surface area contributed by atoms with Crippen molar-refractivity contribution >= 4 is 20.6 Å². The number of rotatable bonds is 7. The standard InChI is InChI=1S/C3H9ClN3O3P/c4-3-5-1-2-6-11-10-7(8)9/h5-6,11H,1-3H2. The Morgan fingerprint density at radius 1 is 1.64 bits per heavy atom. The number of hydrogen-bond donors (Lipinski definition) is 2. The summed E-state index contributed by atoms with van der Waals surface area (Å²) in [4.78, 5) is 9.60. The van der Waals surface area contributed by atoms with Gasteiger partial charge >= 0.3 is 0 Å². The molecule has 0 aliphatic rings. The van der Waals surface area contributed by atoms with Crippen molar-refractivity contribution in [2.45, 2.75) is 0 Å². The van der Waals surface area contributed by atoms with E-state index in [4.69, 9.17) is 11.6 Å². The topological polar surface area (TPSA) is 76.4 Å².